The lowest BCUT2D eigenvalue weighted by Gasteiger charge is -2.31. The van der Waals surface area contributed by atoms with Gasteiger partial charge < -0.3 is 30.9 Å². The van der Waals surface area contributed by atoms with Crippen LogP contribution in [0.5, 0.6) is 5.75 Å². The van der Waals surface area contributed by atoms with E-state index >= 15 is 0 Å². The standard InChI is InChI=1S/C28H27F5N6O6/c1-12(2)35-24(42)15-8-7-13(3)19(22(15)45-25(43)28(31,32)33)20-16-9-34-27(44)39(21-17(29)5-4-6-18(21)30)23(16)38-26(37-20)36-14(10-40)11-41/h4-8,12,14,40-41H,9-11H2,1-3H3,(H,34,44)(H,35,42)(H,36,37,38). The van der Waals surface area contributed by atoms with Crippen LogP contribution >= 0.6 is 0 Å². The van der Waals surface area contributed by atoms with Crippen molar-refractivity contribution in [2.75, 3.05) is 23.4 Å². The second kappa shape index (κ2) is 13.0. The summed E-state index contributed by atoms with van der Waals surface area (Å²) in [5.41, 5.74) is -1.92. The molecule has 45 heavy (non-hydrogen) atoms. The first kappa shape index (κ1) is 33.0. The van der Waals surface area contributed by atoms with E-state index in [1.807, 2.05) is 0 Å². The van der Waals surface area contributed by atoms with Crippen LogP contribution in [0.1, 0.15) is 35.3 Å². The SMILES string of the molecule is Cc1ccc(C(=O)NC(C)C)c(OC(=O)C(F)(F)F)c1-c1nc(NC(CO)CO)nc2c1CNC(=O)N2c1c(F)cccc1F. The molecule has 0 radical (unpaired) electrons. The molecule has 240 valence electrons. The molecule has 0 unspecified atom stereocenters. The van der Waals surface area contributed by atoms with E-state index in [1.165, 1.54) is 13.0 Å². The molecule has 0 fully saturated rings. The zero-order valence-electron chi connectivity index (χ0n) is 23.9. The Morgan fingerprint density at radius 2 is 1.73 bits per heavy atom. The number of anilines is 3. The number of rotatable bonds is 9. The number of urea groups is 1. The molecule has 4 rings (SSSR count). The predicted molar refractivity (Wildman–Crippen MR) is 149 cm³/mol. The number of esters is 1. The van der Waals surface area contributed by atoms with Gasteiger partial charge >= 0.3 is 18.2 Å². The summed E-state index contributed by atoms with van der Waals surface area (Å²) in [6.07, 6.45) is -5.48. The monoisotopic (exact) mass is 638 g/mol. The molecule has 3 aromatic rings. The van der Waals surface area contributed by atoms with Crippen molar-refractivity contribution in [3.8, 4) is 17.0 Å². The van der Waals surface area contributed by atoms with E-state index in [0.717, 1.165) is 24.3 Å². The molecule has 0 saturated carbocycles. The van der Waals surface area contributed by atoms with Gasteiger partial charge in [0, 0.05) is 17.2 Å². The Hall–Kier alpha value is -4.90. The highest BCUT2D eigenvalue weighted by atomic mass is 19.4. The van der Waals surface area contributed by atoms with Crippen LogP contribution in [0.2, 0.25) is 0 Å². The fraction of sp³-hybridized carbons (Fsp3) is 0.321. The van der Waals surface area contributed by atoms with E-state index < -0.39 is 96.3 Å². The van der Waals surface area contributed by atoms with Crippen molar-refractivity contribution in [2.24, 2.45) is 0 Å². The zero-order valence-corrected chi connectivity index (χ0v) is 23.9. The van der Waals surface area contributed by atoms with Crippen LogP contribution in [0.25, 0.3) is 11.3 Å². The molecule has 0 saturated heterocycles. The molecular formula is C28H27F5N6O6. The van der Waals surface area contributed by atoms with E-state index in [0.29, 0.717) is 4.90 Å². The number of aryl methyl sites for hydroxylation is 1. The molecule has 17 heteroatoms. The Balaban J connectivity index is 2.10. The summed E-state index contributed by atoms with van der Waals surface area (Å²) in [5.74, 6) is -7.62. The van der Waals surface area contributed by atoms with Crippen LogP contribution in [0, 0.1) is 18.6 Å². The molecule has 2 aromatic carbocycles. The number of aromatic nitrogens is 2. The predicted octanol–water partition coefficient (Wildman–Crippen LogP) is 3.46. The fourth-order valence-electron chi connectivity index (χ4n) is 4.42. The number of aliphatic hydroxyl groups is 2. The van der Waals surface area contributed by atoms with E-state index in [-0.39, 0.29) is 22.4 Å². The third kappa shape index (κ3) is 6.78. The summed E-state index contributed by atoms with van der Waals surface area (Å²) in [5, 5.41) is 26.8. The number of hydrogen-bond acceptors (Lipinski definition) is 9. The molecule has 2 heterocycles. The number of alkyl halides is 3. The number of halogens is 5. The number of ether oxygens (including phenoxy) is 1. The maximum atomic E-state index is 15.0. The van der Waals surface area contributed by atoms with Crippen molar-refractivity contribution in [3.05, 3.63) is 58.7 Å². The average Bonchev–Trinajstić information content (AvgIpc) is 2.95. The molecule has 1 aromatic heterocycles. The summed E-state index contributed by atoms with van der Waals surface area (Å²) >= 11 is 0. The van der Waals surface area contributed by atoms with E-state index in [1.54, 1.807) is 13.8 Å². The van der Waals surface area contributed by atoms with E-state index in [2.05, 4.69) is 25.9 Å². The topological polar surface area (TPSA) is 166 Å². The molecule has 0 atom stereocenters. The first-order valence-electron chi connectivity index (χ1n) is 13.3. The van der Waals surface area contributed by atoms with Gasteiger partial charge in [0.15, 0.2) is 11.6 Å². The molecule has 1 aliphatic rings. The van der Waals surface area contributed by atoms with Gasteiger partial charge in [-0.2, -0.15) is 18.2 Å². The lowest BCUT2D eigenvalue weighted by molar-refractivity contribution is -0.189. The zero-order chi connectivity index (χ0) is 33.2. The first-order valence-corrected chi connectivity index (χ1v) is 13.3. The largest absolute Gasteiger partial charge is 0.491 e. The van der Waals surface area contributed by atoms with Crippen molar-refractivity contribution >= 4 is 35.4 Å². The first-order chi connectivity index (χ1) is 21.2. The van der Waals surface area contributed by atoms with Crippen LogP contribution in [0.4, 0.5) is 44.2 Å². The Morgan fingerprint density at radius 1 is 1.09 bits per heavy atom. The smallest absolute Gasteiger partial charge is 0.418 e. The van der Waals surface area contributed by atoms with Gasteiger partial charge in [0.1, 0.15) is 17.3 Å². The van der Waals surface area contributed by atoms with Crippen molar-refractivity contribution in [1.82, 2.24) is 20.6 Å². The maximum absolute atomic E-state index is 15.0. The van der Waals surface area contributed by atoms with Crippen molar-refractivity contribution in [1.29, 1.82) is 0 Å². The van der Waals surface area contributed by atoms with Gasteiger partial charge in [-0.25, -0.2) is 28.3 Å². The van der Waals surface area contributed by atoms with Crippen molar-refractivity contribution in [3.63, 3.8) is 0 Å². The average molecular weight is 639 g/mol. The second-order valence-electron chi connectivity index (χ2n) is 10.1. The van der Waals surface area contributed by atoms with Gasteiger partial charge in [0.2, 0.25) is 5.95 Å². The Morgan fingerprint density at radius 3 is 2.31 bits per heavy atom. The van der Waals surface area contributed by atoms with E-state index in [9.17, 15) is 46.5 Å². The number of para-hydroxylation sites is 1. The summed E-state index contributed by atoms with van der Waals surface area (Å²) in [7, 11) is 0. The van der Waals surface area contributed by atoms with Gasteiger partial charge in [-0.15, -0.1) is 0 Å². The van der Waals surface area contributed by atoms with Crippen LogP contribution < -0.4 is 25.6 Å². The summed E-state index contributed by atoms with van der Waals surface area (Å²) in [4.78, 5) is 47.4. The number of nitrogens with one attached hydrogen (secondary N) is 3. The minimum absolute atomic E-state index is 0.0961. The summed E-state index contributed by atoms with van der Waals surface area (Å²) < 4.78 is 75.1. The number of hydrogen-bond donors (Lipinski definition) is 5. The third-order valence-electron chi connectivity index (χ3n) is 6.45. The number of benzene rings is 2. The normalized spacial score (nSPS) is 13.1. The molecule has 3 amide bonds. The van der Waals surface area contributed by atoms with Gasteiger partial charge in [0.05, 0.1) is 37.1 Å². The Labute approximate surface area is 252 Å². The van der Waals surface area contributed by atoms with E-state index in [4.69, 9.17) is 4.74 Å². The number of fused-ring (bicyclic) bond motifs is 1. The minimum Gasteiger partial charge on any atom is -0.418 e. The quantitative estimate of drug-likeness (QED) is 0.134. The highest BCUT2D eigenvalue weighted by Crippen LogP contribution is 2.43. The van der Waals surface area contributed by atoms with Crippen LogP contribution in [-0.2, 0) is 11.3 Å². The lowest BCUT2D eigenvalue weighted by Crippen LogP contribution is -2.43. The summed E-state index contributed by atoms with van der Waals surface area (Å²) in [6, 6.07) is 2.68. The Kier molecular flexibility index (Phi) is 9.53. The number of nitrogens with zero attached hydrogens (tertiary/aromatic N) is 3. The van der Waals surface area contributed by atoms with Crippen LogP contribution in [0.3, 0.4) is 0 Å². The van der Waals surface area contributed by atoms with Crippen molar-refractivity contribution in [2.45, 2.75) is 45.6 Å². The molecule has 1 aliphatic heterocycles. The maximum Gasteiger partial charge on any atom is 0.491 e. The molecule has 0 aliphatic carbocycles. The molecule has 12 nitrogen and oxygen atoms in total. The molecule has 0 spiro atoms. The van der Waals surface area contributed by atoms with Gasteiger partial charge in [0.25, 0.3) is 5.91 Å². The van der Waals surface area contributed by atoms with Crippen LogP contribution in [-0.4, -0.2) is 69.6 Å². The molecule has 0 bridgehead atoms. The van der Waals surface area contributed by atoms with Gasteiger partial charge in [-0.05, 0) is 44.5 Å². The fourth-order valence-corrected chi connectivity index (χ4v) is 4.42. The highest BCUT2D eigenvalue weighted by molar-refractivity contribution is 6.04. The molecule has 5 N–H and O–H groups in total. The number of amides is 3. The van der Waals surface area contributed by atoms with Gasteiger partial charge in [-0.1, -0.05) is 12.1 Å². The highest BCUT2D eigenvalue weighted by Gasteiger charge is 2.43. The third-order valence-corrected chi connectivity index (χ3v) is 6.45. The number of carbonyl (C=O) groups excluding carboxylic acids is 3. The Bertz CT molecular complexity index is 1630. The number of carbonyl (C=O) groups is 3. The lowest BCUT2D eigenvalue weighted by atomic mass is 9.95. The molecular weight excluding hydrogens is 611 g/mol. The van der Waals surface area contributed by atoms with Crippen LogP contribution in [0.15, 0.2) is 30.3 Å². The number of aliphatic hydroxyl groups excluding tert-OH is 2. The van der Waals surface area contributed by atoms with Crippen molar-refractivity contribution < 1.29 is 51.3 Å². The van der Waals surface area contributed by atoms with Gasteiger partial charge in [-0.3, -0.25) is 4.79 Å². The second-order valence-corrected chi connectivity index (χ2v) is 10.1. The summed E-state index contributed by atoms with van der Waals surface area (Å²) in [6.45, 7) is 2.85. The minimum atomic E-state index is -5.48.